The lowest BCUT2D eigenvalue weighted by Crippen LogP contribution is -2.13. The molecule has 0 atom stereocenters. The highest BCUT2D eigenvalue weighted by atomic mass is 35.5. The summed E-state index contributed by atoms with van der Waals surface area (Å²) in [6, 6.07) is 10.7. The van der Waals surface area contributed by atoms with Gasteiger partial charge >= 0.3 is 0 Å². The van der Waals surface area contributed by atoms with Crippen molar-refractivity contribution in [1.82, 2.24) is 4.98 Å². The van der Waals surface area contributed by atoms with Crippen molar-refractivity contribution in [3.05, 3.63) is 52.7 Å². The van der Waals surface area contributed by atoms with Crippen molar-refractivity contribution in [1.29, 1.82) is 0 Å². The van der Waals surface area contributed by atoms with Crippen LogP contribution in [0.4, 0.5) is 5.69 Å². The van der Waals surface area contributed by atoms with Crippen molar-refractivity contribution in [2.75, 3.05) is 5.73 Å². The number of nitrogen functional groups attached to an aromatic ring is 1. The highest BCUT2D eigenvalue weighted by Gasteiger charge is 2.08. The standard InChI is InChI=1S/C13H12ClN3OS/c14-9-3-1-8(2-4-9)7-19-13-10(15)5-6-11(17-13)12(16)18/h1-6H,7,15H2,(H2,16,18). The van der Waals surface area contributed by atoms with Gasteiger partial charge in [-0.1, -0.05) is 35.5 Å². The van der Waals surface area contributed by atoms with Crippen LogP contribution in [0.5, 0.6) is 0 Å². The van der Waals surface area contributed by atoms with E-state index in [0.717, 1.165) is 5.56 Å². The van der Waals surface area contributed by atoms with E-state index in [0.29, 0.717) is 21.5 Å². The van der Waals surface area contributed by atoms with Crippen molar-refractivity contribution >= 4 is 35.0 Å². The summed E-state index contributed by atoms with van der Waals surface area (Å²) >= 11 is 7.27. The molecule has 98 valence electrons. The van der Waals surface area contributed by atoms with Crippen LogP contribution in [0.25, 0.3) is 0 Å². The highest BCUT2D eigenvalue weighted by Crippen LogP contribution is 2.26. The third-order valence-electron chi connectivity index (χ3n) is 2.43. The molecule has 0 spiro atoms. The number of carbonyl (C=O) groups excluding carboxylic acids is 1. The second-order valence-electron chi connectivity index (χ2n) is 3.87. The van der Waals surface area contributed by atoms with Gasteiger partial charge in [0.25, 0.3) is 5.91 Å². The number of nitrogens with zero attached hydrogens (tertiary/aromatic N) is 1. The topological polar surface area (TPSA) is 82.0 Å². The molecular formula is C13H12ClN3OS. The predicted molar refractivity (Wildman–Crippen MR) is 78.2 cm³/mol. The second kappa shape index (κ2) is 5.95. The molecule has 0 aliphatic heterocycles. The molecule has 4 N–H and O–H groups in total. The molecule has 1 heterocycles. The van der Waals surface area contributed by atoms with Crippen LogP contribution >= 0.6 is 23.4 Å². The van der Waals surface area contributed by atoms with Crippen molar-refractivity contribution in [2.24, 2.45) is 5.73 Å². The van der Waals surface area contributed by atoms with Gasteiger partial charge in [-0.3, -0.25) is 4.79 Å². The summed E-state index contributed by atoms with van der Waals surface area (Å²) in [4.78, 5) is 15.2. The van der Waals surface area contributed by atoms with Crippen LogP contribution in [0.1, 0.15) is 16.1 Å². The van der Waals surface area contributed by atoms with Crippen molar-refractivity contribution < 1.29 is 4.79 Å². The fourth-order valence-electron chi connectivity index (χ4n) is 1.44. The number of nitrogens with two attached hydrogens (primary N) is 2. The van der Waals surface area contributed by atoms with Crippen molar-refractivity contribution in [3.63, 3.8) is 0 Å². The van der Waals surface area contributed by atoms with Gasteiger partial charge in [-0.25, -0.2) is 4.98 Å². The number of primary amides is 1. The fraction of sp³-hybridized carbons (Fsp3) is 0.0769. The molecular weight excluding hydrogens is 282 g/mol. The molecule has 0 aliphatic rings. The van der Waals surface area contributed by atoms with Gasteiger partial charge in [-0.15, -0.1) is 0 Å². The normalized spacial score (nSPS) is 10.4. The van der Waals surface area contributed by atoms with Crippen LogP contribution in [0.2, 0.25) is 5.02 Å². The number of hydrogen-bond acceptors (Lipinski definition) is 4. The lowest BCUT2D eigenvalue weighted by Gasteiger charge is -2.06. The minimum absolute atomic E-state index is 0.216. The van der Waals surface area contributed by atoms with E-state index in [1.165, 1.54) is 17.8 Å². The molecule has 1 aromatic carbocycles. The average Bonchev–Trinajstić information content (AvgIpc) is 2.39. The van der Waals surface area contributed by atoms with Gasteiger partial charge in [0.15, 0.2) is 0 Å². The summed E-state index contributed by atoms with van der Waals surface area (Å²) < 4.78 is 0. The molecule has 2 aromatic rings. The van der Waals surface area contributed by atoms with Crippen molar-refractivity contribution in [3.8, 4) is 0 Å². The first-order valence-electron chi connectivity index (χ1n) is 5.50. The van der Waals surface area contributed by atoms with Crippen LogP contribution in [-0.4, -0.2) is 10.9 Å². The Kier molecular flexibility index (Phi) is 4.29. The summed E-state index contributed by atoms with van der Waals surface area (Å²) in [5.41, 5.74) is 12.9. The van der Waals surface area contributed by atoms with Gasteiger partial charge in [0, 0.05) is 10.8 Å². The van der Waals surface area contributed by atoms with E-state index in [-0.39, 0.29) is 5.69 Å². The molecule has 0 aliphatic carbocycles. The molecule has 0 bridgehead atoms. The zero-order valence-electron chi connectivity index (χ0n) is 9.97. The van der Waals surface area contributed by atoms with Gasteiger partial charge in [-0.05, 0) is 29.8 Å². The lowest BCUT2D eigenvalue weighted by molar-refractivity contribution is 0.0995. The molecule has 1 aromatic heterocycles. The Labute approximate surface area is 120 Å². The number of benzene rings is 1. The summed E-state index contributed by atoms with van der Waals surface area (Å²) in [7, 11) is 0. The quantitative estimate of drug-likeness (QED) is 0.849. The maximum Gasteiger partial charge on any atom is 0.267 e. The summed E-state index contributed by atoms with van der Waals surface area (Å²) in [6.45, 7) is 0. The van der Waals surface area contributed by atoms with E-state index in [1.807, 2.05) is 24.3 Å². The minimum Gasteiger partial charge on any atom is -0.397 e. The Morgan fingerprint density at radius 1 is 1.21 bits per heavy atom. The van der Waals surface area contributed by atoms with Gasteiger partial charge in [0.1, 0.15) is 10.7 Å². The largest absolute Gasteiger partial charge is 0.397 e. The number of rotatable bonds is 4. The zero-order valence-corrected chi connectivity index (χ0v) is 11.5. The van der Waals surface area contributed by atoms with Crippen LogP contribution in [-0.2, 0) is 5.75 Å². The van der Waals surface area contributed by atoms with E-state index in [2.05, 4.69) is 4.98 Å². The molecule has 4 nitrogen and oxygen atoms in total. The predicted octanol–water partition coefficient (Wildman–Crippen LogP) is 2.71. The van der Waals surface area contributed by atoms with Gasteiger partial charge < -0.3 is 11.5 Å². The molecule has 0 fully saturated rings. The summed E-state index contributed by atoms with van der Waals surface area (Å²) in [5.74, 6) is 0.129. The van der Waals surface area contributed by atoms with Crippen LogP contribution in [0, 0.1) is 0 Å². The van der Waals surface area contributed by atoms with Crippen LogP contribution in [0.15, 0.2) is 41.4 Å². The Morgan fingerprint density at radius 3 is 2.53 bits per heavy atom. The first-order chi connectivity index (χ1) is 9.06. The van der Waals surface area contributed by atoms with E-state index >= 15 is 0 Å². The molecule has 0 saturated carbocycles. The van der Waals surface area contributed by atoms with Crippen LogP contribution in [0.3, 0.4) is 0 Å². The Bertz CT molecular complexity index is 601. The van der Waals surface area contributed by atoms with Crippen molar-refractivity contribution in [2.45, 2.75) is 10.8 Å². The molecule has 0 radical (unpaired) electrons. The third-order valence-corrected chi connectivity index (χ3v) is 3.76. The zero-order chi connectivity index (χ0) is 13.8. The fourth-order valence-corrected chi connectivity index (χ4v) is 2.46. The summed E-state index contributed by atoms with van der Waals surface area (Å²) in [6.07, 6.45) is 0. The van der Waals surface area contributed by atoms with E-state index < -0.39 is 5.91 Å². The Hall–Kier alpha value is -1.72. The SMILES string of the molecule is NC(=O)c1ccc(N)c(SCc2ccc(Cl)cc2)n1. The number of halogens is 1. The summed E-state index contributed by atoms with van der Waals surface area (Å²) in [5, 5.41) is 1.30. The highest BCUT2D eigenvalue weighted by molar-refractivity contribution is 7.98. The number of amides is 1. The number of thioether (sulfide) groups is 1. The second-order valence-corrected chi connectivity index (χ2v) is 5.27. The minimum atomic E-state index is -0.562. The smallest absolute Gasteiger partial charge is 0.267 e. The van der Waals surface area contributed by atoms with Gasteiger partial charge in [0.2, 0.25) is 0 Å². The molecule has 0 unspecified atom stereocenters. The number of carbonyl (C=O) groups is 1. The number of hydrogen-bond donors (Lipinski definition) is 2. The maximum atomic E-state index is 11.1. The van der Waals surface area contributed by atoms with Crippen LogP contribution < -0.4 is 11.5 Å². The molecule has 6 heteroatoms. The number of pyridine rings is 1. The number of aromatic nitrogens is 1. The maximum absolute atomic E-state index is 11.1. The Balaban J connectivity index is 2.12. The van der Waals surface area contributed by atoms with E-state index in [9.17, 15) is 4.79 Å². The lowest BCUT2D eigenvalue weighted by atomic mass is 10.2. The van der Waals surface area contributed by atoms with E-state index in [1.54, 1.807) is 6.07 Å². The Morgan fingerprint density at radius 2 is 1.89 bits per heavy atom. The van der Waals surface area contributed by atoms with Gasteiger partial charge in [0.05, 0.1) is 5.69 Å². The third kappa shape index (κ3) is 3.62. The molecule has 19 heavy (non-hydrogen) atoms. The van der Waals surface area contributed by atoms with Gasteiger partial charge in [-0.2, -0.15) is 0 Å². The van der Waals surface area contributed by atoms with E-state index in [4.69, 9.17) is 23.1 Å². The molecule has 1 amide bonds. The first kappa shape index (κ1) is 13.7. The molecule has 2 rings (SSSR count). The molecule has 0 saturated heterocycles. The first-order valence-corrected chi connectivity index (χ1v) is 6.86. The monoisotopic (exact) mass is 293 g/mol. The number of anilines is 1. The average molecular weight is 294 g/mol.